The van der Waals surface area contributed by atoms with Crippen LogP contribution in [0.2, 0.25) is 0 Å². The molecule has 190 valence electrons. The summed E-state index contributed by atoms with van der Waals surface area (Å²) in [7, 11) is -2.03. The second kappa shape index (κ2) is 10.5. The van der Waals surface area contributed by atoms with Crippen molar-refractivity contribution >= 4 is 39.3 Å². The second-order valence-electron chi connectivity index (χ2n) is 9.21. The van der Waals surface area contributed by atoms with E-state index in [9.17, 15) is 18.0 Å². The number of carbonyl (C=O) groups is 2. The van der Waals surface area contributed by atoms with Crippen LogP contribution in [0.5, 0.6) is 0 Å². The van der Waals surface area contributed by atoms with Crippen LogP contribution >= 0.6 is 0 Å². The maximum Gasteiger partial charge on any atom is 0.410 e. The van der Waals surface area contributed by atoms with Crippen LogP contribution < -0.4 is 15.5 Å². The van der Waals surface area contributed by atoms with E-state index in [2.05, 4.69) is 20.6 Å². The summed E-state index contributed by atoms with van der Waals surface area (Å²) in [6.45, 7) is 7.51. The molecule has 2 N–H and O–H groups in total. The number of rotatable bonds is 5. The molecule has 0 radical (unpaired) electrons. The Morgan fingerprint density at radius 3 is 2.46 bits per heavy atom. The van der Waals surface area contributed by atoms with E-state index in [1.54, 1.807) is 23.1 Å². The molecule has 1 aromatic carbocycles. The summed E-state index contributed by atoms with van der Waals surface area (Å²) in [4.78, 5) is 37.6. The Balaban J connectivity index is 1.88. The normalized spacial score (nSPS) is 14.8. The lowest BCUT2D eigenvalue weighted by molar-refractivity contribution is 0.0263. The van der Waals surface area contributed by atoms with E-state index in [0.717, 1.165) is 6.26 Å². The van der Waals surface area contributed by atoms with Gasteiger partial charge in [0, 0.05) is 45.7 Å². The topological polar surface area (TPSA) is 134 Å². The first-order valence-electron chi connectivity index (χ1n) is 11.3. The average molecular weight is 505 g/mol. The Labute approximate surface area is 205 Å². The number of hydrogen-bond acceptors (Lipinski definition) is 9. The van der Waals surface area contributed by atoms with Gasteiger partial charge in [-0.2, -0.15) is 4.98 Å². The van der Waals surface area contributed by atoms with E-state index in [-0.39, 0.29) is 22.4 Å². The molecule has 35 heavy (non-hydrogen) atoms. The molecule has 1 fully saturated rings. The third kappa shape index (κ3) is 6.81. The summed E-state index contributed by atoms with van der Waals surface area (Å²) in [5.41, 5.74) is -0.105. The van der Waals surface area contributed by atoms with Crippen molar-refractivity contribution in [1.82, 2.24) is 20.2 Å². The summed E-state index contributed by atoms with van der Waals surface area (Å²) in [5, 5.41) is 5.56. The van der Waals surface area contributed by atoms with E-state index in [1.165, 1.54) is 19.3 Å². The molecule has 1 aromatic heterocycles. The molecule has 1 aliphatic rings. The number of amides is 2. The van der Waals surface area contributed by atoms with Crippen molar-refractivity contribution in [3.05, 3.63) is 36.0 Å². The van der Waals surface area contributed by atoms with Gasteiger partial charge in [0.1, 0.15) is 17.0 Å². The molecular weight excluding hydrogens is 472 g/mol. The first kappa shape index (κ1) is 26.2. The van der Waals surface area contributed by atoms with Gasteiger partial charge in [0.05, 0.1) is 10.6 Å². The number of nitrogens with one attached hydrogen (secondary N) is 2. The highest BCUT2D eigenvalue weighted by Gasteiger charge is 2.26. The van der Waals surface area contributed by atoms with Gasteiger partial charge in [-0.3, -0.25) is 4.79 Å². The molecule has 0 aliphatic carbocycles. The minimum atomic E-state index is -3.52. The number of nitrogens with zero attached hydrogens (tertiary/aromatic N) is 4. The van der Waals surface area contributed by atoms with Gasteiger partial charge < -0.3 is 25.2 Å². The van der Waals surface area contributed by atoms with Crippen molar-refractivity contribution in [3.8, 4) is 0 Å². The largest absolute Gasteiger partial charge is 0.444 e. The number of ether oxygens (including phenoxy) is 1. The van der Waals surface area contributed by atoms with Crippen LogP contribution in [0, 0.1) is 0 Å². The SMILES string of the molecule is CNC(=O)c1cnc(N2CCCN(C(=O)OC(C)(C)C)CC2)nc1Nc1ccccc1S(C)(=O)=O. The third-order valence-electron chi connectivity index (χ3n) is 5.22. The molecule has 1 saturated heterocycles. The van der Waals surface area contributed by atoms with Gasteiger partial charge in [0.2, 0.25) is 5.95 Å². The average Bonchev–Trinajstić information content (AvgIpc) is 3.03. The van der Waals surface area contributed by atoms with Gasteiger partial charge >= 0.3 is 6.09 Å². The summed E-state index contributed by atoms with van der Waals surface area (Å²) in [5.74, 6) is 0.129. The summed E-state index contributed by atoms with van der Waals surface area (Å²) >= 11 is 0. The van der Waals surface area contributed by atoms with E-state index in [0.29, 0.717) is 44.2 Å². The lowest BCUT2D eigenvalue weighted by Gasteiger charge is -2.26. The number of benzene rings is 1. The van der Waals surface area contributed by atoms with Gasteiger partial charge in [-0.15, -0.1) is 0 Å². The second-order valence-corrected chi connectivity index (χ2v) is 11.2. The number of carbonyl (C=O) groups excluding carboxylic acids is 2. The maximum absolute atomic E-state index is 12.5. The van der Waals surface area contributed by atoms with Gasteiger partial charge in [0.25, 0.3) is 5.91 Å². The van der Waals surface area contributed by atoms with Gasteiger partial charge in [-0.1, -0.05) is 12.1 Å². The molecule has 3 rings (SSSR count). The predicted molar refractivity (Wildman–Crippen MR) is 133 cm³/mol. The molecule has 0 atom stereocenters. The highest BCUT2D eigenvalue weighted by Crippen LogP contribution is 2.27. The highest BCUT2D eigenvalue weighted by molar-refractivity contribution is 7.90. The lowest BCUT2D eigenvalue weighted by atomic mass is 10.2. The Morgan fingerprint density at radius 2 is 1.80 bits per heavy atom. The Hall–Kier alpha value is -3.41. The smallest absolute Gasteiger partial charge is 0.410 e. The fourth-order valence-corrected chi connectivity index (χ4v) is 4.41. The number of para-hydroxylation sites is 1. The van der Waals surface area contributed by atoms with Crippen molar-refractivity contribution in [1.29, 1.82) is 0 Å². The van der Waals surface area contributed by atoms with Gasteiger partial charge in [0.15, 0.2) is 9.84 Å². The first-order valence-corrected chi connectivity index (χ1v) is 13.2. The maximum atomic E-state index is 12.5. The van der Waals surface area contributed by atoms with E-state index < -0.39 is 21.3 Å². The number of anilines is 3. The van der Waals surface area contributed by atoms with Crippen LogP contribution in [0.4, 0.5) is 22.2 Å². The van der Waals surface area contributed by atoms with Crippen LogP contribution in [-0.4, -0.2) is 80.4 Å². The fraction of sp³-hybridized carbons (Fsp3) is 0.478. The van der Waals surface area contributed by atoms with E-state index in [1.807, 2.05) is 25.7 Å². The zero-order valence-electron chi connectivity index (χ0n) is 20.7. The molecule has 0 spiro atoms. The predicted octanol–water partition coefficient (Wildman–Crippen LogP) is 2.43. The van der Waals surface area contributed by atoms with Crippen LogP contribution in [0.3, 0.4) is 0 Å². The van der Waals surface area contributed by atoms with Crippen LogP contribution in [0.1, 0.15) is 37.6 Å². The van der Waals surface area contributed by atoms with Crippen molar-refractivity contribution in [2.45, 2.75) is 37.7 Å². The number of hydrogen-bond donors (Lipinski definition) is 2. The van der Waals surface area contributed by atoms with Crippen molar-refractivity contribution in [2.24, 2.45) is 0 Å². The molecule has 0 bridgehead atoms. The molecular formula is C23H32N6O5S. The van der Waals surface area contributed by atoms with Crippen LogP contribution in [0.25, 0.3) is 0 Å². The zero-order chi connectivity index (χ0) is 25.8. The van der Waals surface area contributed by atoms with Crippen molar-refractivity contribution in [3.63, 3.8) is 0 Å². The molecule has 12 heteroatoms. The minimum absolute atomic E-state index is 0.0887. The molecule has 1 aliphatic heterocycles. The minimum Gasteiger partial charge on any atom is -0.444 e. The number of sulfone groups is 1. The Kier molecular flexibility index (Phi) is 7.83. The quantitative estimate of drug-likeness (QED) is 0.629. The monoisotopic (exact) mass is 504 g/mol. The lowest BCUT2D eigenvalue weighted by Crippen LogP contribution is -2.39. The van der Waals surface area contributed by atoms with Crippen molar-refractivity contribution < 1.29 is 22.7 Å². The number of aromatic nitrogens is 2. The van der Waals surface area contributed by atoms with E-state index in [4.69, 9.17) is 4.74 Å². The summed E-state index contributed by atoms with van der Waals surface area (Å²) in [6.07, 6.45) is 2.84. The molecule has 0 unspecified atom stereocenters. The van der Waals surface area contributed by atoms with Gasteiger partial charge in [-0.25, -0.2) is 18.2 Å². The van der Waals surface area contributed by atoms with Crippen LogP contribution in [0.15, 0.2) is 35.4 Å². The first-order chi connectivity index (χ1) is 16.4. The summed E-state index contributed by atoms with van der Waals surface area (Å²) in [6, 6.07) is 6.41. The Morgan fingerprint density at radius 1 is 1.09 bits per heavy atom. The molecule has 2 heterocycles. The van der Waals surface area contributed by atoms with E-state index >= 15 is 0 Å². The summed E-state index contributed by atoms with van der Waals surface area (Å²) < 4.78 is 30.0. The van der Waals surface area contributed by atoms with Gasteiger partial charge in [-0.05, 0) is 39.3 Å². The zero-order valence-corrected chi connectivity index (χ0v) is 21.5. The van der Waals surface area contributed by atoms with Crippen LogP contribution in [-0.2, 0) is 14.6 Å². The Bertz CT molecular complexity index is 1200. The highest BCUT2D eigenvalue weighted by atomic mass is 32.2. The standard InChI is InChI=1S/C23H32N6O5S/c1-23(2,3)34-22(31)29-12-8-11-28(13-14-29)21-25-15-16(20(30)24-4)19(27-21)26-17-9-6-7-10-18(17)35(5,32)33/h6-7,9-10,15H,8,11-14H2,1-5H3,(H,24,30)(H,25,26,27). The molecule has 11 nitrogen and oxygen atoms in total. The molecule has 2 amide bonds. The van der Waals surface area contributed by atoms with Crippen molar-refractivity contribution in [2.75, 3.05) is 49.7 Å². The molecule has 0 saturated carbocycles. The third-order valence-corrected chi connectivity index (χ3v) is 6.37. The molecule has 2 aromatic rings. The fourth-order valence-electron chi connectivity index (χ4n) is 3.57.